The highest BCUT2D eigenvalue weighted by Crippen LogP contribution is 2.29. The van der Waals surface area contributed by atoms with E-state index in [9.17, 15) is 4.79 Å². The first-order valence-electron chi connectivity index (χ1n) is 7.46. The first kappa shape index (κ1) is 14.6. The van der Waals surface area contributed by atoms with Gasteiger partial charge in [0, 0.05) is 0 Å². The molecular formula is C18H19NO3. The van der Waals surface area contributed by atoms with Gasteiger partial charge in [0.15, 0.2) is 5.78 Å². The minimum Gasteiger partial charge on any atom is -0.496 e. The number of carbonyl (C=O) groups is 1. The van der Waals surface area contributed by atoms with Crippen molar-refractivity contribution >= 4 is 5.78 Å². The fourth-order valence-electron chi connectivity index (χ4n) is 2.66. The molecule has 3 rings (SSSR count). The molecule has 1 N–H and O–H groups in total. The van der Waals surface area contributed by atoms with E-state index < -0.39 is 0 Å². The van der Waals surface area contributed by atoms with Gasteiger partial charge in [0.05, 0.1) is 18.7 Å². The highest BCUT2D eigenvalue weighted by molar-refractivity contribution is 6.03. The van der Waals surface area contributed by atoms with Crippen LogP contribution in [0, 0.1) is 0 Å². The zero-order chi connectivity index (χ0) is 15.4. The van der Waals surface area contributed by atoms with Crippen molar-refractivity contribution in [2.75, 3.05) is 13.7 Å². The lowest BCUT2D eigenvalue weighted by Crippen LogP contribution is -2.31. The largest absolute Gasteiger partial charge is 0.496 e. The highest BCUT2D eigenvalue weighted by Gasteiger charge is 2.26. The van der Waals surface area contributed by atoms with Gasteiger partial charge in [-0.3, -0.25) is 4.79 Å². The smallest absolute Gasteiger partial charge is 0.183 e. The van der Waals surface area contributed by atoms with Crippen molar-refractivity contribution in [3.8, 4) is 17.2 Å². The topological polar surface area (TPSA) is 47.6 Å². The number of nitrogens with one attached hydrogen (secondary N) is 1. The van der Waals surface area contributed by atoms with Crippen molar-refractivity contribution < 1.29 is 14.3 Å². The molecule has 1 aliphatic rings. The average molecular weight is 297 g/mol. The molecule has 0 aliphatic carbocycles. The van der Waals surface area contributed by atoms with E-state index in [-0.39, 0.29) is 11.8 Å². The molecule has 2 aromatic carbocycles. The molecule has 4 heteroatoms. The van der Waals surface area contributed by atoms with Crippen LogP contribution in [0.1, 0.15) is 23.2 Å². The maximum absolute atomic E-state index is 12.6. The summed E-state index contributed by atoms with van der Waals surface area (Å²) in [5.74, 6) is 2.02. The van der Waals surface area contributed by atoms with Crippen LogP contribution in [-0.4, -0.2) is 25.5 Å². The fraction of sp³-hybridized carbons (Fsp3) is 0.278. The molecule has 1 heterocycles. The Hall–Kier alpha value is -2.33. The van der Waals surface area contributed by atoms with E-state index >= 15 is 0 Å². The molecule has 22 heavy (non-hydrogen) atoms. The standard InChI is InChI=1S/C18H19NO3/c1-21-17-10-9-14(22-13-6-3-2-4-7-13)12-15(17)18(20)16-8-5-11-19-16/h2-4,6-7,9-10,12,16,19H,5,8,11H2,1H3. The summed E-state index contributed by atoms with van der Waals surface area (Å²) in [5, 5.41) is 3.23. The van der Waals surface area contributed by atoms with Crippen LogP contribution >= 0.6 is 0 Å². The molecule has 0 radical (unpaired) electrons. The normalized spacial score (nSPS) is 17.2. The van der Waals surface area contributed by atoms with E-state index in [4.69, 9.17) is 9.47 Å². The van der Waals surface area contributed by atoms with Crippen LogP contribution in [0.4, 0.5) is 0 Å². The molecule has 1 aliphatic heterocycles. The maximum atomic E-state index is 12.6. The summed E-state index contributed by atoms with van der Waals surface area (Å²) in [7, 11) is 1.58. The monoisotopic (exact) mass is 297 g/mol. The molecule has 1 unspecified atom stereocenters. The van der Waals surface area contributed by atoms with Gasteiger partial charge in [0.1, 0.15) is 17.2 Å². The predicted octanol–water partition coefficient (Wildman–Crippen LogP) is 3.42. The van der Waals surface area contributed by atoms with Gasteiger partial charge >= 0.3 is 0 Å². The Morgan fingerprint density at radius 2 is 1.95 bits per heavy atom. The quantitative estimate of drug-likeness (QED) is 0.859. The number of rotatable bonds is 5. The summed E-state index contributed by atoms with van der Waals surface area (Å²) in [6.45, 7) is 0.888. The number of hydrogen-bond acceptors (Lipinski definition) is 4. The Morgan fingerprint density at radius 1 is 1.14 bits per heavy atom. The molecule has 0 spiro atoms. The lowest BCUT2D eigenvalue weighted by molar-refractivity contribution is 0.0949. The minimum atomic E-state index is -0.124. The van der Waals surface area contributed by atoms with E-state index in [0.717, 1.165) is 25.1 Å². The van der Waals surface area contributed by atoms with Crippen molar-refractivity contribution in [3.63, 3.8) is 0 Å². The first-order chi connectivity index (χ1) is 10.8. The van der Waals surface area contributed by atoms with Gasteiger partial charge in [-0.05, 0) is 49.7 Å². The van der Waals surface area contributed by atoms with E-state index in [1.54, 1.807) is 19.2 Å². The van der Waals surface area contributed by atoms with Gasteiger partial charge in [0.2, 0.25) is 0 Å². The molecule has 0 saturated carbocycles. The van der Waals surface area contributed by atoms with Gasteiger partial charge in [-0.15, -0.1) is 0 Å². The number of ether oxygens (including phenoxy) is 2. The van der Waals surface area contributed by atoms with Crippen LogP contribution in [0.3, 0.4) is 0 Å². The lowest BCUT2D eigenvalue weighted by Gasteiger charge is -2.14. The Morgan fingerprint density at radius 3 is 2.64 bits per heavy atom. The number of Topliss-reactive ketones (excluding diaryl/α,β-unsaturated/α-hetero) is 1. The van der Waals surface area contributed by atoms with Crippen LogP contribution in [0.15, 0.2) is 48.5 Å². The van der Waals surface area contributed by atoms with Gasteiger partial charge in [0.25, 0.3) is 0 Å². The third-order valence-corrected chi connectivity index (χ3v) is 3.79. The summed E-state index contributed by atoms with van der Waals surface area (Å²) in [4.78, 5) is 12.6. The number of benzene rings is 2. The number of carbonyl (C=O) groups excluding carboxylic acids is 1. The first-order valence-corrected chi connectivity index (χ1v) is 7.46. The number of ketones is 1. The Labute approximate surface area is 130 Å². The van der Waals surface area contributed by atoms with Gasteiger partial charge in [-0.1, -0.05) is 18.2 Å². The molecule has 0 aromatic heterocycles. The Bertz CT molecular complexity index is 649. The van der Waals surface area contributed by atoms with Crippen LogP contribution in [0.2, 0.25) is 0 Å². The number of hydrogen-bond donors (Lipinski definition) is 1. The van der Waals surface area contributed by atoms with Crippen LogP contribution in [0.25, 0.3) is 0 Å². The predicted molar refractivity (Wildman–Crippen MR) is 84.9 cm³/mol. The molecule has 0 amide bonds. The second kappa shape index (κ2) is 6.62. The third-order valence-electron chi connectivity index (χ3n) is 3.79. The Balaban J connectivity index is 1.87. The molecule has 2 aromatic rings. The van der Waals surface area contributed by atoms with Crippen molar-refractivity contribution in [1.82, 2.24) is 5.32 Å². The van der Waals surface area contributed by atoms with Crippen molar-refractivity contribution in [2.24, 2.45) is 0 Å². The molecule has 1 saturated heterocycles. The summed E-state index contributed by atoms with van der Waals surface area (Å²) in [6.07, 6.45) is 1.89. The van der Waals surface area contributed by atoms with Crippen LogP contribution in [-0.2, 0) is 0 Å². The van der Waals surface area contributed by atoms with Crippen molar-refractivity contribution in [3.05, 3.63) is 54.1 Å². The average Bonchev–Trinajstić information content (AvgIpc) is 3.09. The van der Waals surface area contributed by atoms with Gasteiger partial charge in [-0.2, -0.15) is 0 Å². The van der Waals surface area contributed by atoms with E-state index in [1.807, 2.05) is 36.4 Å². The highest BCUT2D eigenvalue weighted by atomic mass is 16.5. The molecular weight excluding hydrogens is 278 g/mol. The van der Waals surface area contributed by atoms with Crippen LogP contribution in [0.5, 0.6) is 17.2 Å². The molecule has 1 fully saturated rings. The summed E-state index contributed by atoms with van der Waals surface area (Å²) in [6, 6.07) is 14.7. The Kier molecular flexibility index (Phi) is 4.39. The molecule has 4 nitrogen and oxygen atoms in total. The van der Waals surface area contributed by atoms with E-state index in [0.29, 0.717) is 17.1 Å². The second-order valence-corrected chi connectivity index (χ2v) is 5.29. The maximum Gasteiger partial charge on any atom is 0.183 e. The van der Waals surface area contributed by atoms with Gasteiger partial charge < -0.3 is 14.8 Å². The summed E-state index contributed by atoms with van der Waals surface area (Å²) >= 11 is 0. The summed E-state index contributed by atoms with van der Waals surface area (Å²) in [5.41, 5.74) is 0.565. The number of methoxy groups -OCH3 is 1. The van der Waals surface area contributed by atoms with Gasteiger partial charge in [-0.25, -0.2) is 0 Å². The fourth-order valence-corrected chi connectivity index (χ4v) is 2.66. The zero-order valence-electron chi connectivity index (χ0n) is 12.5. The zero-order valence-corrected chi connectivity index (χ0v) is 12.5. The number of para-hydroxylation sites is 1. The summed E-state index contributed by atoms with van der Waals surface area (Å²) < 4.78 is 11.1. The second-order valence-electron chi connectivity index (χ2n) is 5.29. The molecule has 114 valence electrons. The van der Waals surface area contributed by atoms with E-state index in [1.165, 1.54) is 0 Å². The SMILES string of the molecule is COc1ccc(Oc2ccccc2)cc1C(=O)C1CCCN1. The lowest BCUT2D eigenvalue weighted by atomic mass is 10.0. The molecule has 0 bridgehead atoms. The van der Waals surface area contributed by atoms with Crippen molar-refractivity contribution in [1.29, 1.82) is 0 Å². The van der Waals surface area contributed by atoms with Crippen molar-refractivity contribution in [2.45, 2.75) is 18.9 Å². The molecule has 1 atom stereocenters. The third kappa shape index (κ3) is 3.12. The van der Waals surface area contributed by atoms with E-state index in [2.05, 4.69) is 5.32 Å². The van der Waals surface area contributed by atoms with Crippen LogP contribution < -0.4 is 14.8 Å². The minimum absolute atomic E-state index is 0.0628.